The zero-order valence-corrected chi connectivity index (χ0v) is 9.72. The lowest BCUT2D eigenvalue weighted by atomic mass is 9.89. The molecule has 5 nitrogen and oxygen atoms in total. The minimum absolute atomic E-state index is 0.451. The Labute approximate surface area is 96.0 Å². The molecule has 0 radical (unpaired) electrons. The van der Waals surface area contributed by atoms with Gasteiger partial charge in [-0.25, -0.2) is 4.98 Å². The van der Waals surface area contributed by atoms with E-state index in [1.165, 1.54) is 0 Å². The molecule has 1 aromatic heterocycles. The van der Waals surface area contributed by atoms with Gasteiger partial charge in [0.2, 0.25) is 0 Å². The van der Waals surface area contributed by atoms with Crippen LogP contribution in [0.2, 0.25) is 0 Å². The lowest BCUT2D eigenvalue weighted by Gasteiger charge is -2.34. The first-order valence-electron chi connectivity index (χ1n) is 5.78. The number of ether oxygens (including phenoxy) is 1. The molecule has 1 aromatic rings. The number of imidazole rings is 1. The lowest BCUT2D eigenvalue weighted by molar-refractivity contribution is 0.0169. The summed E-state index contributed by atoms with van der Waals surface area (Å²) in [5, 5.41) is 3.47. The van der Waals surface area contributed by atoms with Crippen molar-refractivity contribution in [1.82, 2.24) is 14.9 Å². The quantitative estimate of drug-likeness (QED) is 0.720. The van der Waals surface area contributed by atoms with Crippen molar-refractivity contribution in [1.29, 1.82) is 0 Å². The summed E-state index contributed by atoms with van der Waals surface area (Å²) in [7, 11) is 1.77. The van der Waals surface area contributed by atoms with Gasteiger partial charge >= 0.3 is 0 Å². The Hall–Kier alpha value is -0.910. The molecule has 0 amide bonds. The van der Waals surface area contributed by atoms with Gasteiger partial charge in [0.1, 0.15) is 0 Å². The maximum Gasteiger partial charge on any atom is 0.0950 e. The highest BCUT2D eigenvalue weighted by molar-refractivity contribution is 4.98. The van der Waals surface area contributed by atoms with E-state index in [2.05, 4.69) is 10.3 Å². The highest BCUT2D eigenvalue weighted by Crippen LogP contribution is 2.22. The lowest BCUT2D eigenvalue weighted by Crippen LogP contribution is -2.44. The average Bonchev–Trinajstić information content (AvgIpc) is 2.64. The van der Waals surface area contributed by atoms with Crippen molar-refractivity contribution in [2.75, 3.05) is 13.7 Å². The molecule has 0 unspecified atom stereocenters. The summed E-state index contributed by atoms with van der Waals surface area (Å²) in [6.45, 7) is 2.32. The zero-order chi connectivity index (χ0) is 11.4. The Bertz CT molecular complexity index is 320. The van der Waals surface area contributed by atoms with Gasteiger partial charge in [0.15, 0.2) is 0 Å². The molecule has 1 aliphatic rings. The smallest absolute Gasteiger partial charge is 0.0950 e. The van der Waals surface area contributed by atoms with Crippen LogP contribution in [-0.2, 0) is 17.8 Å². The molecule has 0 aliphatic heterocycles. The van der Waals surface area contributed by atoms with E-state index in [0.717, 1.165) is 31.6 Å². The number of methoxy groups -OCH3 is 1. The van der Waals surface area contributed by atoms with Gasteiger partial charge in [-0.15, -0.1) is 0 Å². The number of hydrogen-bond donors (Lipinski definition) is 2. The van der Waals surface area contributed by atoms with Crippen LogP contribution in [0.5, 0.6) is 0 Å². The monoisotopic (exact) mass is 224 g/mol. The summed E-state index contributed by atoms with van der Waals surface area (Å²) >= 11 is 0. The third-order valence-electron chi connectivity index (χ3n) is 3.07. The summed E-state index contributed by atoms with van der Waals surface area (Å²) in [4.78, 5) is 4.32. The van der Waals surface area contributed by atoms with Crippen LogP contribution in [0.4, 0.5) is 0 Å². The SMILES string of the molecule is COC1CC(NCc2cn(CCN)cn2)C1. The van der Waals surface area contributed by atoms with Gasteiger partial charge < -0.3 is 20.4 Å². The molecule has 0 bridgehead atoms. The first kappa shape index (κ1) is 11.6. The predicted molar refractivity (Wildman–Crippen MR) is 61.9 cm³/mol. The number of rotatable bonds is 6. The molecule has 0 saturated heterocycles. The molecule has 1 aliphatic carbocycles. The van der Waals surface area contributed by atoms with Crippen LogP contribution in [0.1, 0.15) is 18.5 Å². The van der Waals surface area contributed by atoms with Crippen molar-refractivity contribution in [3.05, 3.63) is 18.2 Å². The van der Waals surface area contributed by atoms with E-state index in [9.17, 15) is 0 Å². The third kappa shape index (κ3) is 2.81. The highest BCUT2D eigenvalue weighted by atomic mass is 16.5. The maximum atomic E-state index is 5.48. The standard InChI is InChI=1S/C11H20N4O/c1-16-11-4-9(5-11)13-6-10-7-15(3-2-12)8-14-10/h7-9,11,13H,2-6,12H2,1H3. The summed E-state index contributed by atoms with van der Waals surface area (Å²) < 4.78 is 7.25. The molecule has 0 atom stereocenters. The molecule has 3 N–H and O–H groups in total. The average molecular weight is 224 g/mol. The summed E-state index contributed by atoms with van der Waals surface area (Å²) in [5.74, 6) is 0. The Kier molecular flexibility index (Phi) is 3.93. The van der Waals surface area contributed by atoms with Crippen LogP contribution in [0.3, 0.4) is 0 Å². The van der Waals surface area contributed by atoms with E-state index in [1.807, 2.05) is 17.1 Å². The number of hydrogen-bond acceptors (Lipinski definition) is 4. The van der Waals surface area contributed by atoms with E-state index in [-0.39, 0.29) is 0 Å². The summed E-state index contributed by atoms with van der Waals surface area (Å²) in [6.07, 6.45) is 6.56. The number of nitrogens with two attached hydrogens (primary N) is 1. The van der Waals surface area contributed by atoms with Gasteiger partial charge in [-0.05, 0) is 12.8 Å². The van der Waals surface area contributed by atoms with Gasteiger partial charge in [-0.2, -0.15) is 0 Å². The highest BCUT2D eigenvalue weighted by Gasteiger charge is 2.28. The van der Waals surface area contributed by atoms with Gasteiger partial charge in [0.05, 0.1) is 18.1 Å². The van der Waals surface area contributed by atoms with Crippen LogP contribution >= 0.6 is 0 Å². The molecular formula is C11H20N4O. The van der Waals surface area contributed by atoms with E-state index in [4.69, 9.17) is 10.5 Å². The van der Waals surface area contributed by atoms with Crippen LogP contribution in [0.15, 0.2) is 12.5 Å². The van der Waals surface area contributed by atoms with Crippen LogP contribution in [0, 0.1) is 0 Å². The second-order valence-corrected chi connectivity index (χ2v) is 4.30. The molecule has 1 fully saturated rings. The zero-order valence-electron chi connectivity index (χ0n) is 9.72. The number of aromatic nitrogens is 2. The second-order valence-electron chi connectivity index (χ2n) is 4.30. The predicted octanol–water partition coefficient (Wildman–Crippen LogP) is 0.109. The fraction of sp³-hybridized carbons (Fsp3) is 0.727. The van der Waals surface area contributed by atoms with Gasteiger partial charge in [0.25, 0.3) is 0 Å². The van der Waals surface area contributed by atoms with E-state index in [1.54, 1.807) is 7.11 Å². The van der Waals surface area contributed by atoms with Crippen molar-refractivity contribution in [3.8, 4) is 0 Å². The molecule has 90 valence electrons. The third-order valence-corrected chi connectivity index (χ3v) is 3.07. The molecular weight excluding hydrogens is 204 g/mol. The fourth-order valence-electron chi connectivity index (χ4n) is 1.94. The molecule has 16 heavy (non-hydrogen) atoms. The van der Waals surface area contributed by atoms with Gasteiger partial charge in [0, 0.05) is 39.0 Å². The number of nitrogens with zero attached hydrogens (tertiary/aromatic N) is 2. The van der Waals surface area contributed by atoms with Crippen LogP contribution in [0.25, 0.3) is 0 Å². The topological polar surface area (TPSA) is 65.1 Å². The van der Waals surface area contributed by atoms with Crippen molar-refractivity contribution >= 4 is 0 Å². The summed E-state index contributed by atoms with van der Waals surface area (Å²) in [6, 6.07) is 0.588. The van der Waals surface area contributed by atoms with Crippen molar-refractivity contribution in [2.45, 2.75) is 38.1 Å². The molecule has 1 saturated carbocycles. The van der Waals surface area contributed by atoms with Gasteiger partial charge in [-0.1, -0.05) is 0 Å². The van der Waals surface area contributed by atoms with Crippen molar-refractivity contribution < 1.29 is 4.74 Å². The van der Waals surface area contributed by atoms with Crippen molar-refractivity contribution in [3.63, 3.8) is 0 Å². The maximum absolute atomic E-state index is 5.48. The Morgan fingerprint density at radius 2 is 2.44 bits per heavy atom. The largest absolute Gasteiger partial charge is 0.381 e. The van der Waals surface area contributed by atoms with Crippen LogP contribution in [-0.4, -0.2) is 35.4 Å². The summed E-state index contributed by atoms with van der Waals surface area (Å²) in [5.41, 5.74) is 6.55. The van der Waals surface area contributed by atoms with Crippen LogP contribution < -0.4 is 11.1 Å². The molecule has 2 rings (SSSR count). The van der Waals surface area contributed by atoms with E-state index in [0.29, 0.717) is 18.7 Å². The van der Waals surface area contributed by atoms with Gasteiger partial charge in [-0.3, -0.25) is 0 Å². The first-order chi connectivity index (χ1) is 7.81. The van der Waals surface area contributed by atoms with Crippen molar-refractivity contribution in [2.24, 2.45) is 5.73 Å². The Morgan fingerprint density at radius 1 is 1.62 bits per heavy atom. The second kappa shape index (κ2) is 5.43. The van der Waals surface area contributed by atoms with E-state index < -0.39 is 0 Å². The Balaban J connectivity index is 1.69. The molecule has 5 heteroatoms. The minimum atomic E-state index is 0.451. The Morgan fingerprint density at radius 3 is 3.12 bits per heavy atom. The molecule has 0 spiro atoms. The minimum Gasteiger partial charge on any atom is -0.381 e. The molecule has 0 aromatic carbocycles. The first-order valence-corrected chi connectivity index (χ1v) is 5.78. The van der Waals surface area contributed by atoms with E-state index >= 15 is 0 Å². The normalized spacial score (nSPS) is 24.4. The molecule has 1 heterocycles. The fourth-order valence-corrected chi connectivity index (χ4v) is 1.94. The number of nitrogens with one attached hydrogen (secondary N) is 1.